The van der Waals surface area contributed by atoms with Gasteiger partial charge < -0.3 is 14.8 Å². The average molecular weight is 291 g/mol. The summed E-state index contributed by atoms with van der Waals surface area (Å²) in [7, 11) is 1.72. The first kappa shape index (κ1) is 16.3. The highest BCUT2D eigenvalue weighted by Gasteiger charge is 2.33. The normalized spacial score (nSPS) is 21.4. The lowest BCUT2D eigenvalue weighted by atomic mass is 9.93. The molecule has 0 radical (unpaired) electrons. The largest absolute Gasteiger partial charge is 0.497 e. The first-order valence-corrected chi connectivity index (χ1v) is 7.96. The summed E-state index contributed by atoms with van der Waals surface area (Å²) in [4.78, 5) is 0. The van der Waals surface area contributed by atoms with Gasteiger partial charge in [0.05, 0.1) is 19.3 Å². The Labute approximate surface area is 129 Å². The van der Waals surface area contributed by atoms with Crippen LogP contribution < -0.4 is 10.1 Å². The Balaban J connectivity index is 2.06. The molecule has 0 spiro atoms. The minimum Gasteiger partial charge on any atom is -0.497 e. The number of ether oxygens (including phenoxy) is 2. The molecule has 2 unspecified atom stereocenters. The third-order valence-corrected chi connectivity index (χ3v) is 4.09. The van der Waals surface area contributed by atoms with E-state index in [0.29, 0.717) is 5.41 Å². The molecular weight excluding hydrogens is 262 g/mol. The zero-order chi connectivity index (χ0) is 15.5. The van der Waals surface area contributed by atoms with E-state index in [4.69, 9.17) is 9.47 Å². The second-order valence-electron chi connectivity index (χ2n) is 7.02. The topological polar surface area (TPSA) is 30.5 Å². The predicted octanol–water partition coefficient (Wildman–Crippen LogP) is 3.72. The Bertz CT molecular complexity index is 465. The maximum Gasteiger partial charge on any atom is 0.119 e. The van der Waals surface area contributed by atoms with Crippen LogP contribution in [0.15, 0.2) is 18.2 Å². The van der Waals surface area contributed by atoms with Gasteiger partial charge in [0.2, 0.25) is 0 Å². The fourth-order valence-electron chi connectivity index (χ4n) is 2.84. The highest BCUT2D eigenvalue weighted by Crippen LogP contribution is 2.36. The molecule has 0 saturated heterocycles. The molecule has 0 amide bonds. The van der Waals surface area contributed by atoms with Crippen LogP contribution in [0, 0.1) is 5.41 Å². The van der Waals surface area contributed by atoms with E-state index in [-0.39, 0.29) is 12.1 Å². The molecule has 1 aromatic carbocycles. The van der Waals surface area contributed by atoms with E-state index >= 15 is 0 Å². The second-order valence-corrected chi connectivity index (χ2v) is 7.02. The van der Waals surface area contributed by atoms with Crippen LogP contribution in [-0.2, 0) is 11.2 Å². The predicted molar refractivity (Wildman–Crippen MR) is 86.9 cm³/mol. The van der Waals surface area contributed by atoms with Crippen molar-refractivity contribution in [1.82, 2.24) is 5.32 Å². The van der Waals surface area contributed by atoms with Gasteiger partial charge in [-0.15, -0.1) is 0 Å². The number of benzene rings is 1. The molecule has 3 heteroatoms. The van der Waals surface area contributed by atoms with Crippen molar-refractivity contribution in [2.24, 2.45) is 5.41 Å². The summed E-state index contributed by atoms with van der Waals surface area (Å²) in [6.07, 6.45) is 2.30. The zero-order valence-corrected chi connectivity index (χ0v) is 14.0. The molecule has 1 aliphatic rings. The number of hydrogen-bond donors (Lipinski definition) is 1. The third-order valence-electron chi connectivity index (χ3n) is 4.09. The van der Waals surface area contributed by atoms with Gasteiger partial charge in [-0.25, -0.2) is 0 Å². The molecule has 1 aromatic rings. The van der Waals surface area contributed by atoms with Crippen LogP contribution in [0.3, 0.4) is 0 Å². The summed E-state index contributed by atoms with van der Waals surface area (Å²) >= 11 is 0. The molecule has 0 aromatic heterocycles. The van der Waals surface area contributed by atoms with Crippen molar-refractivity contribution < 1.29 is 9.47 Å². The van der Waals surface area contributed by atoms with Crippen molar-refractivity contribution in [3.05, 3.63) is 29.3 Å². The summed E-state index contributed by atoms with van der Waals surface area (Å²) in [5.41, 5.74) is 3.03. The molecule has 1 aliphatic carbocycles. The van der Waals surface area contributed by atoms with Gasteiger partial charge in [-0.1, -0.05) is 33.8 Å². The Hall–Kier alpha value is -1.06. The molecule has 3 nitrogen and oxygen atoms in total. The fraction of sp³-hybridized carbons (Fsp3) is 0.667. The first-order valence-electron chi connectivity index (χ1n) is 7.96. The van der Waals surface area contributed by atoms with E-state index in [1.165, 1.54) is 11.1 Å². The van der Waals surface area contributed by atoms with Gasteiger partial charge in [0, 0.05) is 13.0 Å². The monoisotopic (exact) mass is 291 g/mol. The van der Waals surface area contributed by atoms with Gasteiger partial charge in [-0.05, 0) is 41.6 Å². The van der Waals surface area contributed by atoms with Crippen LogP contribution in [0.5, 0.6) is 5.75 Å². The average Bonchev–Trinajstić information content (AvgIpc) is 2.75. The number of hydrogen-bond acceptors (Lipinski definition) is 3. The SMILES string of the molecule is CCNC1c2cc(OC)ccc2CC1OCCC(C)(C)C. The highest BCUT2D eigenvalue weighted by atomic mass is 16.5. The minimum absolute atomic E-state index is 0.231. The van der Waals surface area contributed by atoms with Crippen molar-refractivity contribution >= 4 is 0 Å². The van der Waals surface area contributed by atoms with Gasteiger partial charge in [0.25, 0.3) is 0 Å². The quantitative estimate of drug-likeness (QED) is 0.866. The minimum atomic E-state index is 0.231. The maximum atomic E-state index is 6.20. The molecule has 0 heterocycles. The summed E-state index contributed by atoms with van der Waals surface area (Å²) in [6, 6.07) is 6.64. The van der Waals surface area contributed by atoms with Crippen LogP contribution in [0.2, 0.25) is 0 Å². The van der Waals surface area contributed by atoms with Crippen LogP contribution in [0.1, 0.15) is 51.3 Å². The lowest BCUT2D eigenvalue weighted by Gasteiger charge is -2.24. The number of methoxy groups -OCH3 is 1. The lowest BCUT2D eigenvalue weighted by molar-refractivity contribution is 0.0217. The van der Waals surface area contributed by atoms with Crippen molar-refractivity contribution in [2.75, 3.05) is 20.3 Å². The van der Waals surface area contributed by atoms with Crippen molar-refractivity contribution in [3.63, 3.8) is 0 Å². The van der Waals surface area contributed by atoms with Crippen molar-refractivity contribution in [3.8, 4) is 5.75 Å². The number of rotatable bonds is 6. The number of nitrogens with one attached hydrogen (secondary N) is 1. The van der Waals surface area contributed by atoms with Gasteiger partial charge in [-0.3, -0.25) is 0 Å². The molecule has 0 aliphatic heterocycles. The molecule has 0 saturated carbocycles. The van der Waals surface area contributed by atoms with Crippen molar-refractivity contribution in [1.29, 1.82) is 0 Å². The third kappa shape index (κ3) is 4.21. The Kier molecular flexibility index (Phi) is 5.28. The summed E-state index contributed by atoms with van der Waals surface area (Å²) in [5, 5.41) is 3.57. The van der Waals surface area contributed by atoms with Crippen LogP contribution in [0.4, 0.5) is 0 Å². The Morgan fingerprint density at radius 2 is 2.05 bits per heavy atom. The van der Waals surface area contributed by atoms with Gasteiger partial charge in [0.15, 0.2) is 0 Å². The number of fused-ring (bicyclic) bond motifs is 1. The molecule has 0 bridgehead atoms. The zero-order valence-electron chi connectivity index (χ0n) is 14.0. The fourth-order valence-corrected chi connectivity index (χ4v) is 2.84. The van der Waals surface area contributed by atoms with Gasteiger partial charge in [0.1, 0.15) is 5.75 Å². The van der Waals surface area contributed by atoms with Crippen LogP contribution in [0.25, 0.3) is 0 Å². The summed E-state index contributed by atoms with van der Waals surface area (Å²) in [5.74, 6) is 0.923. The van der Waals surface area contributed by atoms with E-state index in [1.807, 2.05) is 6.07 Å². The van der Waals surface area contributed by atoms with Crippen molar-refractivity contribution in [2.45, 2.75) is 52.7 Å². The summed E-state index contributed by atoms with van der Waals surface area (Å²) in [6.45, 7) is 10.7. The van der Waals surface area contributed by atoms with E-state index in [0.717, 1.165) is 31.7 Å². The first-order chi connectivity index (χ1) is 9.94. The Morgan fingerprint density at radius 3 is 2.67 bits per heavy atom. The van der Waals surface area contributed by atoms with Gasteiger partial charge in [-0.2, -0.15) is 0 Å². The maximum absolute atomic E-state index is 6.20. The standard InChI is InChI=1S/C18H29NO2/c1-6-19-17-15-12-14(20-5)8-7-13(15)11-16(17)21-10-9-18(2,3)4/h7-8,12,16-17,19H,6,9-11H2,1-5H3. The molecule has 21 heavy (non-hydrogen) atoms. The molecule has 0 fully saturated rings. The van der Waals surface area contributed by atoms with Crippen LogP contribution >= 0.6 is 0 Å². The van der Waals surface area contributed by atoms with E-state index in [1.54, 1.807) is 7.11 Å². The molecule has 2 atom stereocenters. The molecule has 118 valence electrons. The smallest absolute Gasteiger partial charge is 0.119 e. The van der Waals surface area contributed by atoms with Gasteiger partial charge >= 0.3 is 0 Å². The molecule has 2 rings (SSSR count). The van der Waals surface area contributed by atoms with E-state index in [9.17, 15) is 0 Å². The molecular formula is C18H29NO2. The van der Waals surface area contributed by atoms with E-state index in [2.05, 4.69) is 45.1 Å². The van der Waals surface area contributed by atoms with Crippen LogP contribution in [-0.4, -0.2) is 26.4 Å². The highest BCUT2D eigenvalue weighted by molar-refractivity contribution is 5.42. The number of likely N-dealkylation sites (N-methyl/N-ethyl adjacent to an activating group) is 1. The summed E-state index contributed by atoms with van der Waals surface area (Å²) < 4.78 is 11.6. The lowest BCUT2D eigenvalue weighted by Crippen LogP contribution is -2.31. The Morgan fingerprint density at radius 1 is 1.29 bits per heavy atom. The van der Waals surface area contributed by atoms with E-state index < -0.39 is 0 Å². The molecule has 1 N–H and O–H groups in total. The second kappa shape index (κ2) is 6.80.